The molecule has 2 N–H and O–H groups in total. The molecule has 1 rings (SSSR count). The Morgan fingerprint density at radius 1 is 1.38 bits per heavy atom. The van der Waals surface area contributed by atoms with Crippen molar-refractivity contribution in [2.45, 2.75) is 18.9 Å². The van der Waals surface area contributed by atoms with E-state index in [1.807, 2.05) is 13.8 Å². The van der Waals surface area contributed by atoms with E-state index in [1.165, 1.54) is 17.0 Å². The highest BCUT2D eigenvalue weighted by atomic mass is 32.2. The van der Waals surface area contributed by atoms with Gasteiger partial charge in [-0.25, -0.2) is 13.6 Å². The quantitative estimate of drug-likeness (QED) is 0.832. The second-order valence-electron chi connectivity index (χ2n) is 3.14. The fourth-order valence-electron chi connectivity index (χ4n) is 1.25. The van der Waals surface area contributed by atoms with Crippen LogP contribution in [0.25, 0.3) is 0 Å². The summed E-state index contributed by atoms with van der Waals surface area (Å²) in [6, 6.07) is 2.48. The van der Waals surface area contributed by atoms with Crippen LogP contribution in [-0.2, 0) is 10.0 Å². The molecule has 0 fully saturated rings. The highest BCUT2D eigenvalue weighted by Gasteiger charge is 2.20. The molecule has 0 aliphatic heterocycles. The van der Waals surface area contributed by atoms with Gasteiger partial charge in [0.2, 0.25) is 5.09 Å². The zero-order chi connectivity index (χ0) is 12.3. The van der Waals surface area contributed by atoms with Gasteiger partial charge < -0.3 is 9.32 Å². The summed E-state index contributed by atoms with van der Waals surface area (Å²) >= 11 is 0. The van der Waals surface area contributed by atoms with E-state index in [0.717, 1.165) is 0 Å². The van der Waals surface area contributed by atoms with Crippen molar-refractivity contribution >= 4 is 15.9 Å². The van der Waals surface area contributed by atoms with Crippen LogP contribution in [0.3, 0.4) is 0 Å². The van der Waals surface area contributed by atoms with Crippen LogP contribution < -0.4 is 5.14 Å². The zero-order valence-electron chi connectivity index (χ0n) is 9.13. The molecule has 7 heteroatoms. The van der Waals surface area contributed by atoms with Crippen LogP contribution in [0.15, 0.2) is 21.6 Å². The monoisotopic (exact) mass is 246 g/mol. The summed E-state index contributed by atoms with van der Waals surface area (Å²) in [4.78, 5) is 13.3. The largest absolute Gasteiger partial charge is 0.438 e. The summed E-state index contributed by atoms with van der Waals surface area (Å²) in [5.41, 5.74) is 0. The molecule has 1 aromatic heterocycles. The highest BCUT2D eigenvalue weighted by molar-refractivity contribution is 7.89. The minimum atomic E-state index is -3.89. The van der Waals surface area contributed by atoms with Crippen molar-refractivity contribution in [2.75, 3.05) is 13.1 Å². The minimum absolute atomic E-state index is 0.0206. The van der Waals surface area contributed by atoms with Gasteiger partial charge in [0.15, 0.2) is 5.76 Å². The number of carbonyl (C=O) groups is 1. The van der Waals surface area contributed by atoms with Gasteiger partial charge in [0.25, 0.3) is 15.9 Å². The lowest BCUT2D eigenvalue weighted by Crippen LogP contribution is -2.30. The Morgan fingerprint density at radius 3 is 2.31 bits per heavy atom. The van der Waals surface area contributed by atoms with E-state index in [4.69, 9.17) is 9.56 Å². The van der Waals surface area contributed by atoms with E-state index in [9.17, 15) is 13.2 Å². The molecule has 1 heterocycles. The molecule has 1 aromatic rings. The SMILES string of the molecule is CCN(CC)C(=O)c1ccc(S(N)(=O)=O)o1. The molecule has 0 aliphatic rings. The van der Waals surface area contributed by atoms with Crippen molar-refractivity contribution in [1.82, 2.24) is 4.90 Å². The number of furan rings is 1. The van der Waals surface area contributed by atoms with Crippen molar-refractivity contribution < 1.29 is 17.6 Å². The average Bonchev–Trinajstić information content (AvgIpc) is 2.67. The molecular formula is C9H14N2O4S. The molecule has 0 bridgehead atoms. The van der Waals surface area contributed by atoms with E-state index < -0.39 is 15.1 Å². The highest BCUT2D eigenvalue weighted by Crippen LogP contribution is 2.14. The lowest BCUT2D eigenvalue weighted by Gasteiger charge is -2.16. The van der Waals surface area contributed by atoms with E-state index in [0.29, 0.717) is 13.1 Å². The number of nitrogens with two attached hydrogens (primary N) is 1. The Morgan fingerprint density at radius 2 is 1.94 bits per heavy atom. The van der Waals surface area contributed by atoms with Crippen LogP contribution in [-0.4, -0.2) is 32.3 Å². The maximum absolute atomic E-state index is 11.7. The Balaban J connectivity index is 2.99. The second kappa shape index (κ2) is 4.67. The third-order valence-corrected chi connectivity index (χ3v) is 2.90. The van der Waals surface area contributed by atoms with Crippen molar-refractivity contribution in [2.24, 2.45) is 5.14 Å². The first-order valence-corrected chi connectivity index (χ1v) is 6.36. The number of sulfonamides is 1. The van der Waals surface area contributed by atoms with Gasteiger partial charge in [0.1, 0.15) is 0 Å². The van der Waals surface area contributed by atoms with Crippen LogP contribution >= 0.6 is 0 Å². The molecule has 0 aliphatic carbocycles. The zero-order valence-corrected chi connectivity index (χ0v) is 9.95. The number of hydrogen-bond acceptors (Lipinski definition) is 4. The molecule has 90 valence electrons. The van der Waals surface area contributed by atoms with Gasteiger partial charge in [-0.1, -0.05) is 0 Å². The summed E-state index contributed by atoms with van der Waals surface area (Å²) < 4.78 is 26.8. The molecular weight excluding hydrogens is 232 g/mol. The van der Waals surface area contributed by atoms with Crippen molar-refractivity contribution in [3.8, 4) is 0 Å². The van der Waals surface area contributed by atoms with Crippen molar-refractivity contribution in [1.29, 1.82) is 0 Å². The summed E-state index contributed by atoms with van der Waals surface area (Å²) in [5, 5.41) is 4.46. The molecule has 6 nitrogen and oxygen atoms in total. The van der Waals surface area contributed by atoms with Crippen LogP contribution in [0, 0.1) is 0 Å². The summed E-state index contributed by atoms with van der Waals surface area (Å²) in [6.45, 7) is 4.71. The minimum Gasteiger partial charge on any atom is -0.438 e. The van der Waals surface area contributed by atoms with Gasteiger partial charge in [-0.2, -0.15) is 0 Å². The molecule has 0 saturated carbocycles. The lowest BCUT2D eigenvalue weighted by atomic mass is 10.4. The first kappa shape index (κ1) is 12.7. The van der Waals surface area contributed by atoms with E-state index in [-0.39, 0.29) is 11.7 Å². The summed E-state index contributed by atoms with van der Waals surface area (Å²) in [7, 11) is -3.89. The summed E-state index contributed by atoms with van der Waals surface area (Å²) in [6.07, 6.45) is 0. The van der Waals surface area contributed by atoms with E-state index >= 15 is 0 Å². The molecule has 0 aromatic carbocycles. The molecule has 16 heavy (non-hydrogen) atoms. The van der Waals surface area contributed by atoms with Crippen LogP contribution in [0.4, 0.5) is 0 Å². The first-order valence-electron chi connectivity index (χ1n) is 4.82. The standard InChI is InChI=1S/C9H14N2O4S/c1-3-11(4-2)9(12)7-5-6-8(15-7)16(10,13)14/h5-6H,3-4H2,1-2H3,(H2,10,13,14). The van der Waals surface area contributed by atoms with Crippen LogP contribution in [0.5, 0.6) is 0 Å². The number of nitrogens with zero attached hydrogens (tertiary/aromatic N) is 1. The fourth-order valence-corrected chi connectivity index (χ4v) is 1.72. The Labute approximate surface area is 94.1 Å². The van der Waals surface area contributed by atoms with Gasteiger partial charge in [0, 0.05) is 13.1 Å². The van der Waals surface area contributed by atoms with Crippen molar-refractivity contribution in [3.05, 3.63) is 17.9 Å². The third-order valence-electron chi connectivity index (χ3n) is 2.12. The number of carbonyl (C=O) groups excluding carboxylic acids is 1. The number of hydrogen-bond donors (Lipinski definition) is 1. The van der Waals surface area contributed by atoms with Gasteiger partial charge >= 0.3 is 0 Å². The van der Waals surface area contributed by atoms with Gasteiger partial charge in [-0.15, -0.1) is 0 Å². The predicted molar refractivity (Wildman–Crippen MR) is 57.3 cm³/mol. The van der Waals surface area contributed by atoms with Gasteiger partial charge in [-0.05, 0) is 26.0 Å². The fraction of sp³-hybridized carbons (Fsp3) is 0.444. The van der Waals surface area contributed by atoms with Gasteiger partial charge in [0.05, 0.1) is 0 Å². The summed E-state index contributed by atoms with van der Waals surface area (Å²) in [5.74, 6) is -0.368. The van der Waals surface area contributed by atoms with Crippen LogP contribution in [0.2, 0.25) is 0 Å². The van der Waals surface area contributed by atoms with E-state index in [2.05, 4.69) is 0 Å². The predicted octanol–water partition coefficient (Wildman–Crippen LogP) is 0.409. The Bertz CT molecular complexity index is 473. The molecule has 1 amide bonds. The topological polar surface area (TPSA) is 93.6 Å². The smallest absolute Gasteiger partial charge is 0.289 e. The Hall–Kier alpha value is -1.34. The lowest BCUT2D eigenvalue weighted by molar-refractivity contribution is 0.0735. The Kier molecular flexibility index (Phi) is 3.71. The first-order chi connectivity index (χ1) is 7.40. The average molecular weight is 246 g/mol. The second-order valence-corrected chi connectivity index (χ2v) is 4.63. The van der Waals surface area contributed by atoms with E-state index in [1.54, 1.807) is 0 Å². The maximum atomic E-state index is 11.7. The number of primary sulfonamides is 1. The van der Waals surface area contributed by atoms with Crippen molar-refractivity contribution in [3.63, 3.8) is 0 Å². The van der Waals surface area contributed by atoms with Gasteiger partial charge in [-0.3, -0.25) is 4.79 Å². The number of rotatable bonds is 4. The third kappa shape index (κ3) is 2.61. The normalized spacial score (nSPS) is 11.4. The molecule has 0 radical (unpaired) electrons. The maximum Gasteiger partial charge on any atom is 0.289 e. The molecule has 0 atom stereocenters. The number of amides is 1. The van der Waals surface area contributed by atoms with Crippen LogP contribution in [0.1, 0.15) is 24.4 Å². The molecule has 0 spiro atoms. The molecule has 0 saturated heterocycles. The molecule has 0 unspecified atom stereocenters.